The van der Waals surface area contributed by atoms with E-state index in [2.05, 4.69) is 66.4 Å². The van der Waals surface area contributed by atoms with E-state index < -0.39 is 0 Å². The fourth-order valence-corrected chi connectivity index (χ4v) is 3.79. The van der Waals surface area contributed by atoms with Crippen LogP contribution in [-0.4, -0.2) is 37.7 Å². The summed E-state index contributed by atoms with van der Waals surface area (Å²) < 4.78 is 6.12. The highest BCUT2D eigenvalue weighted by Crippen LogP contribution is 2.28. The Bertz CT molecular complexity index is 667. The minimum absolute atomic E-state index is 0.420. The van der Waals surface area contributed by atoms with Gasteiger partial charge in [-0.2, -0.15) is 0 Å². The molecule has 2 nitrogen and oxygen atoms in total. The molecule has 0 N–H and O–H groups in total. The molecule has 0 saturated carbocycles. The summed E-state index contributed by atoms with van der Waals surface area (Å²) in [6, 6.07) is 15.3. The van der Waals surface area contributed by atoms with Gasteiger partial charge in [0, 0.05) is 12.5 Å². The van der Waals surface area contributed by atoms with Crippen LogP contribution in [0, 0.1) is 0 Å². The summed E-state index contributed by atoms with van der Waals surface area (Å²) in [4.78, 5) is 2.54. The Morgan fingerprint density at radius 2 is 1.84 bits per heavy atom. The highest BCUT2D eigenvalue weighted by atomic mass is 16.5. The molecule has 2 aromatic carbocycles. The summed E-state index contributed by atoms with van der Waals surface area (Å²) in [6.07, 6.45) is 9.53. The quantitative estimate of drug-likeness (QED) is 0.473. The van der Waals surface area contributed by atoms with E-state index in [0.717, 1.165) is 26.2 Å². The van der Waals surface area contributed by atoms with E-state index in [0.29, 0.717) is 5.92 Å². The Morgan fingerprint density at radius 1 is 1.04 bits per heavy atom. The van der Waals surface area contributed by atoms with Crippen molar-refractivity contribution in [1.82, 2.24) is 4.90 Å². The first-order chi connectivity index (χ1) is 12.4. The predicted molar refractivity (Wildman–Crippen MR) is 107 cm³/mol. The molecule has 0 amide bonds. The highest BCUT2D eigenvalue weighted by molar-refractivity contribution is 5.86. The minimum atomic E-state index is 0.420. The van der Waals surface area contributed by atoms with Gasteiger partial charge in [0.25, 0.3) is 0 Å². The van der Waals surface area contributed by atoms with Crippen LogP contribution < -0.4 is 0 Å². The molecule has 1 heterocycles. The van der Waals surface area contributed by atoms with Gasteiger partial charge in [0.2, 0.25) is 0 Å². The lowest BCUT2D eigenvalue weighted by molar-refractivity contribution is 0.0874. The molecule has 1 fully saturated rings. The minimum Gasteiger partial charge on any atom is -0.379 e. The number of piperidine rings is 1. The van der Waals surface area contributed by atoms with E-state index in [-0.39, 0.29) is 0 Å². The summed E-state index contributed by atoms with van der Waals surface area (Å²) in [7, 11) is 0. The molecule has 0 spiro atoms. The summed E-state index contributed by atoms with van der Waals surface area (Å²) in [5.41, 5.74) is 1.41. The third kappa shape index (κ3) is 5.17. The number of benzene rings is 2. The first kappa shape index (κ1) is 18.2. The third-order valence-corrected chi connectivity index (χ3v) is 5.24. The molecular weight excluding hydrogens is 306 g/mol. The third-order valence-electron chi connectivity index (χ3n) is 5.24. The highest BCUT2D eigenvalue weighted by Gasteiger charge is 2.14. The van der Waals surface area contributed by atoms with Crippen molar-refractivity contribution in [2.75, 3.05) is 32.8 Å². The second-order valence-corrected chi connectivity index (χ2v) is 7.05. The number of likely N-dealkylation sites (tertiary alicyclic amines) is 1. The Morgan fingerprint density at radius 3 is 2.68 bits per heavy atom. The van der Waals surface area contributed by atoms with Crippen molar-refractivity contribution in [2.45, 2.75) is 38.5 Å². The second kappa shape index (κ2) is 9.74. The lowest BCUT2D eigenvalue weighted by Crippen LogP contribution is -2.32. The molecule has 0 aromatic heterocycles. The van der Waals surface area contributed by atoms with Crippen LogP contribution in [0.4, 0.5) is 0 Å². The lowest BCUT2D eigenvalue weighted by atomic mass is 9.91. The SMILES string of the molecule is C/C=C/CC(COCCN1CCCCC1)c1cccc2ccccc12. The van der Waals surface area contributed by atoms with Gasteiger partial charge in [-0.3, -0.25) is 0 Å². The molecule has 2 heteroatoms. The van der Waals surface area contributed by atoms with Crippen molar-refractivity contribution in [3.05, 3.63) is 60.2 Å². The predicted octanol–water partition coefficient (Wildman–Crippen LogP) is 5.39. The molecule has 25 heavy (non-hydrogen) atoms. The standard InChI is InChI=1S/C23H31NO/c1-2-3-10-21(19-25-18-17-24-15-7-4-8-16-24)23-14-9-12-20-11-5-6-13-22(20)23/h2-3,5-6,9,11-14,21H,4,7-8,10,15-19H2,1H3/b3-2+. The van der Waals surface area contributed by atoms with Crippen LogP contribution in [0.5, 0.6) is 0 Å². The molecule has 3 rings (SSSR count). The molecule has 1 aliphatic heterocycles. The lowest BCUT2D eigenvalue weighted by Gasteiger charge is -2.26. The van der Waals surface area contributed by atoms with Gasteiger partial charge in [-0.25, -0.2) is 0 Å². The van der Waals surface area contributed by atoms with Gasteiger partial charge in [-0.1, -0.05) is 61.0 Å². The maximum absolute atomic E-state index is 6.12. The van der Waals surface area contributed by atoms with Crippen LogP contribution in [0.2, 0.25) is 0 Å². The number of nitrogens with zero attached hydrogens (tertiary/aromatic N) is 1. The fourth-order valence-electron chi connectivity index (χ4n) is 3.79. The van der Waals surface area contributed by atoms with Gasteiger partial charge < -0.3 is 9.64 Å². The van der Waals surface area contributed by atoms with Crippen molar-refractivity contribution < 1.29 is 4.74 Å². The normalized spacial score (nSPS) is 17.3. The van der Waals surface area contributed by atoms with Gasteiger partial charge in [0.15, 0.2) is 0 Å². The van der Waals surface area contributed by atoms with Crippen molar-refractivity contribution in [2.24, 2.45) is 0 Å². The number of allylic oxidation sites excluding steroid dienone is 2. The number of rotatable bonds is 8. The molecule has 1 atom stereocenters. The Kier molecular flexibility index (Phi) is 7.08. The van der Waals surface area contributed by atoms with Crippen LogP contribution in [-0.2, 0) is 4.74 Å². The second-order valence-electron chi connectivity index (χ2n) is 7.05. The van der Waals surface area contributed by atoms with E-state index in [4.69, 9.17) is 4.74 Å². The average Bonchev–Trinajstić information content (AvgIpc) is 2.68. The first-order valence-electron chi connectivity index (χ1n) is 9.77. The van der Waals surface area contributed by atoms with Gasteiger partial charge in [0.05, 0.1) is 13.2 Å². The zero-order valence-electron chi connectivity index (χ0n) is 15.5. The molecule has 1 saturated heterocycles. The maximum Gasteiger partial charge on any atom is 0.0593 e. The summed E-state index contributed by atoms with van der Waals surface area (Å²) in [6.45, 7) is 7.30. The summed E-state index contributed by atoms with van der Waals surface area (Å²) in [5, 5.41) is 2.68. The number of fused-ring (bicyclic) bond motifs is 1. The molecule has 0 bridgehead atoms. The maximum atomic E-state index is 6.12. The molecule has 134 valence electrons. The van der Waals surface area contributed by atoms with Crippen LogP contribution in [0.3, 0.4) is 0 Å². The van der Waals surface area contributed by atoms with Gasteiger partial charge in [0.1, 0.15) is 0 Å². The van der Waals surface area contributed by atoms with Crippen LogP contribution in [0.1, 0.15) is 44.1 Å². The monoisotopic (exact) mass is 337 g/mol. The zero-order valence-corrected chi connectivity index (χ0v) is 15.5. The fraction of sp³-hybridized carbons (Fsp3) is 0.478. The molecule has 2 aromatic rings. The average molecular weight is 338 g/mol. The van der Waals surface area contributed by atoms with Gasteiger partial charge >= 0.3 is 0 Å². The number of hydrogen-bond acceptors (Lipinski definition) is 2. The van der Waals surface area contributed by atoms with Crippen LogP contribution >= 0.6 is 0 Å². The largest absolute Gasteiger partial charge is 0.379 e. The molecule has 0 radical (unpaired) electrons. The Hall–Kier alpha value is -1.64. The zero-order chi connectivity index (χ0) is 17.3. The van der Waals surface area contributed by atoms with Crippen molar-refractivity contribution in [3.8, 4) is 0 Å². The molecule has 0 aliphatic carbocycles. The first-order valence-corrected chi connectivity index (χ1v) is 9.77. The van der Waals surface area contributed by atoms with Crippen molar-refractivity contribution in [1.29, 1.82) is 0 Å². The van der Waals surface area contributed by atoms with E-state index in [1.165, 1.54) is 48.7 Å². The molecule has 1 aliphatic rings. The van der Waals surface area contributed by atoms with Crippen molar-refractivity contribution in [3.63, 3.8) is 0 Å². The Balaban J connectivity index is 1.62. The van der Waals surface area contributed by atoms with Gasteiger partial charge in [-0.15, -0.1) is 0 Å². The number of hydrogen-bond donors (Lipinski definition) is 0. The van der Waals surface area contributed by atoms with Gasteiger partial charge in [-0.05, 0) is 55.6 Å². The summed E-state index contributed by atoms with van der Waals surface area (Å²) in [5.74, 6) is 0.420. The van der Waals surface area contributed by atoms with E-state index in [1.54, 1.807) is 0 Å². The summed E-state index contributed by atoms with van der Waals surface area (Å²) >= 11 is 0. The van der Waals surface area contributed by atoms with E-state index >= 15 is 0 Å². The number of ether oxygens (including phenoxy) is 1. The topological polar surface area (TPSA) is 12.5 Å². The van der Waals surface area contributed by atoms with E-state index in [9.17, 15) is 0 Å². The van der Waals surface area contributed by atoms with Crippen LogP contribution in [0.15, 0.2) is 54.6 Å². The smallest absolute Gasteiger partial charge is 0.0593 e. The van der Waals surface area contributed by atoms with Crippen molar-refractivity contribution >= 4 is 10.8 Å². The van der Waals surface area contributed by atoms with Crippen LogP contribution in [0.25, 0.3) is 10.8 Å². The Labute approximate surface area is 152 Å². The molecule has 1 unspecified atom stereocenters. The van der Waals surface area contributed by atoms with E-state index in [1.807, 2.05) is 0 Å². The molecular formula is C23H31NO.